The Balaban J connectivity index is 1.78. The maximum absolute atomic E-state index is 14.4. The fourth-order valence-corrected chi connectivity index (χ4v) is 6.40. The molecule has 0 saturated carbocycles. The van der Waals surface area contributed by atoms with Crippen molar-refractivity contribution in [2.24, 2.45) is 0 Å². The molecule has 0 bridgehead atoms. The largest absolute Gasteiger partial charge is 0.497 e. The summed E-state index contributed by atoms with van der Waals surface area (Å²) in [6.07, 6.45) is 1.79. The second-order valence-corrected chi connectivity index (χ2v) is 13.0. The van der Waals surface area contributed by atoms with Crippen LogP contribution in [0.2, 0.25) is 5.02 Å². The molecule has 0 unspecified atom stereocenters. The average Bonchev–Trinajstić information content (AvgIpc) is 3.07. The number of benzene rings is 4. The minimum Gasteiger partial charge on any atom is -0.497 e. The van der Waals surface area contributed by atoms with Crippen molar-refractivity contribution >= 4 is 39.1 Å². The fourth-order valence-electron chi connectivity index (χ4n) is 4.86. The zero-order valence-corrected chi connectivity index (χ0v) is 27.3. The van der Waals surface area contributed by atoms with Crippen LogP contribution in [0.15, 0.2) is 108 Å². The van der Waals surface area contributed by atoms with Gasteiger partial charge in [0.1, 0.15) is 24.2 Å². The van der Waals surface area contributed by atoms with E-state index in [1.165, 1.54) is 84.8 Å². The van der Waals surface area contributed by atoms with Crippen LogP contribution in [0.25, 0.3) is 0 Å². The van der Waals surface area contributed by atoms with Crippen LogP contribution in [0.3, 0.4) is 0 Å². The van der Waals surface area contributed by atoms with E-state index in [9.17, 15) is 22.4 Å². The summed E-state index contributed by atoms with van der Waals surface area (Å²) < 4.78 is 48.2. The lowest BCUT2D eigenvalue weighted by Gasteiger charge is -2.34. The molecular formula is C35H37ClFN3O5S. The Morgan fingerprint density at radius 2 is 1.54 bits per heavy atom. The Labute approximate surface area is 274 Å². The van der Waals surface area contributed by atoms with E-state index < -0.39 is 34.3 Å². The van der Waals surface area contributed by atoms with Crippen LogP contribution in [-0.2, 0) is 32.6 Å². The third kappa shape index (κ3) is 9.08. The van der Waals surface area contributed by atoms with Gasteiger partial charge >= 0.3 is 0 Å². The Hall–Kier alpha value is -4.41. The van der Waals surface area contributed by atoms with Gasteiger partial charge in [0.25, 0.3) is 10.0 Å². The molecule has 242 valence electrons. The second-order valence-electron chi connectivity index (χ2n) is 10.7. The van der Waals surface area contributed by atoms with Gasteiger partial charge in [-0.25, -0.2) is 12.8 Å². The number of carbonyl (C=O) groups is 2. The van der Waals surface area contributed by atoms with E-state index in [2.05, 4.69) is 5.32 Å². The van der Waals surface area contributed by atoms with Gasteiger partial charge in [-0.2, -0.15) is 0 Å². The topological polar surface area (TPSA) is 96.0 Å². The number of nitrogens with one attached hydrogen (secondary N) is 1. The molecule has 4 rings (SSSR count). The van der Waals surface area contributed by atoms with Gasteiger partial charge in [-0.05, 0) is 78.2 Å². The van der Waals surface area contributed by atoms with Crippen molar-refractivity contribution < 1.29 is 27.1 Å². The first-order valence-corrected chi connectivity index (χ1v) is 16.7. The van der Waals surface area contributed by atoms with Gasteiger partial charge in [-0.15, -0.1) is 0 Å². The summed E-state index contributed by atoms with van der Waals surface area (Å²) in [4.78, 5) is 29.5. The van der Waals surface area contributed by atoms with Crippen molar-refractivity contribution in [3.05, 3.63) is 125 Å². The smallest absolute Gasteiger partial charge is 0.264 e. The van der Waals surface area contributed by atoms with Gasteiger partial charge in [0.2, 0.25) is 11.8 Å². The molecule has 1 atom stereocenters. The van der Waals surface area contributed by atoms with E-state index in [-0.39, 0.29) is 29.5 Å². The molecule has 0 spiro atoms. The number of hydrogen-bond acceptors (Lipinski definition) is 5. The minimum atomic E-state index is -4.28. The van der Waals surface area contributed by atoms with Crippen molar-refractivity contribution in [2.75, 3.05) is 24.5 Å². The summed E-state index contributed by atoms with van der Waals surface area (Å²) >= 11 is 6.12. The van der Waals surface area contributed by atoms with Crippen molar-refractivity contribution in [3.63, 3.8) is 0 Å². The summed E-state index contributed by atoms with van der Waals surface area (Å²) in [5.74, 6) is -0.970. The predicted octanol–water partition coefficient (Wildman–Crippen LogP) is 6.24. The number of rotatable bonds is 15. The van der Waals surface area contributed by atoms with E-state index in [1.54, 1.807) is 0 Å². The predicted molar refractivity (Wildman–Crippen MR) is 178 cm³/mol. The average molecular weight is 666 g/mol. The highest BCUT2D eigenvalue weighted by Gasteiger charge is 2.34. The summed E-state index contributed by atoms with van der Waals surface area (Å²) in [7, 11) is -2.81. The first-order valence-electron chi connectivity index (χ1n) is 14.9. The fraction of sp³-hybridized carbons (Fsp3) is 0.257. The lowest BCUT2D eigenvalue weighted by molar-refractivity contribution is -0.140. The Bertz CT molecular complexity index is 1690. The standard InChI is InChI=1S/C35H37ClFN3O5S/c1-3-4-22-38-35(42)33(23-26-8-6-5-7-9-26)39(24-27-10-14-29(37)15-11-27)34(41)25-40(30-16-12-28(36)13-17-30)46(43,44)32-20-18-31(45-2)19-21-32/h5-21,33H,3-4,22-25H2,1-2H3,(H,38,42)/t33-/m0/s1. The highest BCUT2D eigenvalue weighted by atomic mass is 35.5. The van der Waals surface area contributed by atoms with Crippen molar-refractivity contribution in [2.45, 2.75) is 43.7 Å². The quantitative estimate of drug-likeness (QED) is 0.152. The van der Waals surface area contributed by atoms with E-state index in [4.69, 9.17) is 16.3 Å². The van der Waals surface area contributed by atoms with E-state index in [0.29, 0.717) is 22.9 Å². The molecule has 0 aromatic heterocycles. The summed E-state index contributed by atoms with van der Waals surface area (Å²) in [6, 6.07) is 25.8. The molecule has 4 aromatic rings. The molecule has 11 heteroatoms. The lowest BCUT2D eigenvalue weighted by Crippen LogP contribution is -2.53. The number of unbranched alkanes of at least 4 members (excludes halogenated alkanes) is 1. The van der Waals surface area contributed by atoms with Gasteiger partial charge in [-0.1, -0.05) is 67.4 Å². The van der Waals surface area contributed by atoms with Crippen LogP contribution in [0.4, 0.5) is 10.1 Å². The zero-order chi connectivity index (χ0) is 33.1. The maximum atomic E-state index is 14.4. The van der Waals surface area contributed by atoms with E-state index >= 15 is 0 Å². The van der Waals surface area contributed by atoms with Crippen molar-refractivity contribution in [1.82, 2.24) is 10.2 Å². The van der Waals surface area contributed by atoms with Crippen molar-refractivity contribution in [1.29, 1.82) is 0 Å². The number of nitrogens with zero attached hydrogens (tertiary/aromatic N) is 2. The van der Waals surface area contributed by atoms with E-state index in [0.717, 1.165) is 22.7 Å². The molecular weight excluding hydrogens is 629 g/mol. The molecule has 0 heterocycles. The Morgan fingerprint density at radius 3 is 2.15 bits per heavy atom. The molecule has 0 radical (unpaired) electrons. The molecule has 2 amide bonds. The highest BCUT2D eigenvalue weighted by molar-refractivity contribution is 7.92. The van der Waals surface area contributed by atoms with Gasteiger partial charge in [0.15, 0.2) is 0 Å². The molecule has 0 fully saturated rings. The van der Waals surface area contributed by atoms with E-state index in [1.807, 2.05) is 37.3 Å². The van der Waals surface area contributed by atoms with Crippen LogP contribution in [0.5, 0.6) is 5.75 Å². The zero-order valence-electron chi connectivity index (χ0n) is 25.7. The van der Waals surface area contributed by atoms with Gasteiger partial charge < -0.3 is 15.0 Å². The molecule has 4 aromatic carbocycles. The first kappa shape index (κ1) is 34.5. The SMILES string of the molecule is CCCCNC(=O)[C@H](Cc1ccccc1)N(Cc1ccc(F)cc1)C(=O)CN(c1ccc(Cl)cc1)S(=O)(=O)c1ccc(OC)cc1. The van der Waals surface area contributed by atoms with Crippen molar-refractivity contribution in [3.8, 4) is 5.75 Å². The second kappa shape index (κ2) is 16.2. The molecule has 8 nitrogen and oxygen atoms in total. The number of halogens is 2. The van der Waals surface area contributed by atoms with Gasteiger partial charge in [0.05, 0.1) is 17.7 Å². The summed E-state index contributed by atoms with van der Waals surface area (Å²) in [5.41, 5.74) is 1.60. The molecule has 0 aliphatic carbocycles. The number of anilines is 1. The number of amides is 2. The highest BCUT2D eigenvalue weighted by Crippen LogP contribution is 2.27. The van der Waals surface area contributed by atoms with Gasteiger partial charge in [-0.3, -0.25) is 13.9 Å². The summed E-state index contributed by atoms with van der Waals surface area (Å²) in [5, 5.41) is 3.33. The Kier molecular flexibility index (Phi) is 12.2. The normalized spacial score (nSPS) is 11.8. The van der Waals surface area contributed by atoms with Crippen LogP contribution >= 0.6 is 11.6 Å². The van der Waals surface area contributed by atoms with Crippen LogP contribution in [0.1, 0.15) is 30.9 Å². The third-order valence-corrected chi connectivity index (χ3v) is 9.45. The Morgan fingerprint density at radius 1 is 0.891 bits per heavy atom. The van der Waals surface area contributed by atoms with Crippen LogP contribution in [-0.4, -0.2) is 51.4 Å². The van der Waals surface area contributed by atoms with Crippen LogP contribution in [0, 0.1) is 5.82 Å². The maximum Gasteiger partial charge on any atom is 0.264 e. The molecule has 0 aliphatic rings. The van der Waals surface area contributed by atoms with Crippen LogP contribution < -0.4 is 14.4 Å². The molecule has 46 heavy (non-hydrogen) atoms. The molecule has 1 N–H and O–H groups in total. The minimum absolute atomic E-state index is 0.0562. The number of carbonyl (C=O) groups excluding carboxylic acids is 2. The number of hydrogen-bond donors (Lipinski definition) is 1. The third-order valence-electron chi connectivity index (χ3n) is 7.41. The first-order chi connectivity index (χ1) is 22.1. The summed E-state index contributed by atoms with van der Waals surface area (Å²) in [6.45, 7) is 1.74. The number of sulfonamides is 1. The number of ether oxygens (including phenoxy) is 1. The van der Waals surface area contributed by atoms with Gasteiger partial charge in [0, 0.05) is 24.5 Å². The number of methoxy groups -OCH3 is 1. The molecule has 0 aliphatic heterocycles. The monoisotopic (exact) mass is 665 g/mol. The lowest BCUT2D eigenvalue weighted by atomic mass is 10.0. The molecule has 0 saturated heterocycles.